The van der Waals surface area contributed by atoms with E-state index in [1.165, 1.54) is 24.1 Å². The molecule has 0 bridgehead atoms. The molecule has 0 aromatic carbocycles. The number of urea groups is 1. The number of nitrogens with one attached hydrogen (secondary N) is 1. The molecule has 0 spiro atoms. The Hall–Kier alpha value is -1.07. The van der Waals surface area contributed by atoms with Crippen LogP contribution in [0.1, 0.15) is 49.8 Å². The molecule has 0 atom stereocenters. The van der Waals surface area contributed by atoms with Crippen molar-refractivity contribution in [2.75, 3.05) is 19.8 Å². The molecule has 1 aromatic heterocycles. The van der Waals surface area contributed by atoms with E-state index in [2.05, 4.69) is 27.7 Å². The second-order valence-corrected chi connectivity index (χ2v) is 7.68. The lowest BCUT2D eigenvalue weighted by Crippen LogP contribution is -2.51. The minimum absolute atomic E-state index is 0.139. The van der Waals surface area contributed by atoms with Gasteiger partial charge in [0.2, 0.25) is 0 Å². The molecule has 1 aliphatic heterocycles. The van der Waals surface area contributed by atoms with Gasteiger partial charge in [0, 0.05) is 36.7 Å². The van der Waals surface area contributed by atoms with Crippen LogP contribution in [0.15, 0.2) is 17.5 Å². The normalized spacial score (nSPS) is 20.3. The number of thiophene rings is 1. The molecule has 4 nitrogen and oxygen atoms in total. The van der Waals surface area contributed by atoms with E-state index in [-0.39, 0.29) is 6.03 Å². The SMILES string of the molecule is O=C(NC1CCCCC1)N(CCc1cccs1)C1CCOCC1. The van der Waals surface area contributed by atoms with E-state index in [0.717, 1.165) is 51.9 Å². The number of amides is 2. The molecule has 5 heteroatoms. The largest absolute Gasteiger partial charge is 0.381 e. The first-order valence-electron chi connectivity index (χ1n) is 9.00. The molecule has 2 heterocycles. The predicted molar refractivity (Wildman–Crippen MR) is 94.0 cm³/mol. The molecule has 1 saturated heterocycles. The number of nitrogens with zero attached hydrogens (tertiary/aromatic N) is 1. The van der Waals surface area contributed by atoms with Crippen molar-refractivity contribution in [3.8, 4) is 0 Å². The number of carbonyl (C=O) groups is 1. The van der Waals surface area contributed by atoms with E-state index in [1.54, 1.807) is 11.3 Å². The molecule has 0 radical (unpaired) electrons. The molecule has 3 rings (SSSR count). The summed E-state index contributed by atoms with van der Waals surface area (Å²) in [6.45, 7) is 2.36. The minimum atomic E-state index is 0.139. The van der Waals surface area contributed by atoms with Crippen molar-refractivity contribution in [2.45, 2.75) is 63.5 Å². The summed E-state index contributed by atoms with van der Waals surface area (Å²) in [5, 5.41) is 5.40. The van der Waals surface area contributed by atoms with Gasteiger partial charge in [-0.2, -0.15) is 0 Å². The average molecular weight is 337 g/mol. The van der Waals surface area contributed by atoms with Crippen molar-refractivity contribution in [1.29, 1.82) is 0 Å². The fourth-order valence-electron chi connectivity index (χ4n) is 3.64. The van der Waals surface area contributed by atoms with Crippen LogP contribution in [0.3, 0.4) is 0 Å². The van der Waals surface area contributed by atoms with Crippen molar-refractivity contribution in [1.82, 2.24) is 10.2 Å². The summed E-state index contributed by atoms with van der Waals surface area (Å²) < 4.78 is 5.47. The van der Waals surface area contributed by atoms with Gasteiger partial charge in [-0.25, -0.2) is 4.79 Å². The Balaban J connectivity index is 1.59. The number of ether oxygens (including phenoxy) is 1. The fraction of sp³-hybridized carbons (Fsp3) is 0.722. The lowest BCUT2D eigenvalue weighted by Gasteiger charge is -2.36. The van der Waals surface area contributed by atoms with Crippen molar-refractivity contribution >= 4 is 17.4 Å². The van der Waals surface area contributed by atoms with Gasteiger partial charge in [-0.05, 0) is 43.6 Å². The Kier molecular flexibility index (Phi) is 6.34. The average Bonchev–Trinajstić information content (AvgIpc) is 3.10. The molecule has 1 N–H and O–H groups in total. The van der Waals surface area contributed by atoms with Crippen LogP contribution in [-0.2, 0) is 11.2 Å². The Labute approximate surface area is 143 Å². The van der Waals surface area contributed by atoms with Crippen LogP contribution >= 0.6 is 11.3 Å². The standard InChI is InChI=1S/C18H28N2O2S/c21-18(19-15-5-2-1-3-6-15)20(16-9-12-22-13-10-16)11-8-17-7-4-14-23-17/h4,7,14-16H,1-3,5-6,8-13H2,(H,19,21). The van der Waals surface area contributed by atoms with E-state index >= 15 is 0 Å². The third kappa shape index (κ3) is 4.95. The van der Waals surface area contributed by atoms with Crippen LogP contribution in [0, 0.1) is 0 Å². The Morgan fingerprint density at radius 1 is 1.22 bits per heavy atom. The van der Waals surface area contributed by atoms with E-state index < -0.39 is 0 Å². The van der Waals surface area contributed by atoms with E-state index in [0.29, 0.717) is 12.1 Å². The van der Waals surface area contributed by atoms with Gasteiger partial charge in [0.15, 0.2) is 0 Å². The zero-order valence-corrected chi connectivity index (χ0v) is 14.7. The maximum atomic E-state index is 12.8. The van der Waals surface area contributed by atoms with Crippen molar-refractivity contribution in [3.63, 3.8) is 0 Å². The van der Waals surface area contributed by atoms with E-state index in [4.69, 9.17) is 4.74 Å². The van der Waals surface area contributed by atoms with Gasteiger partial charge in [0.1, 0.15) is 0 Å². The molecular formula is C18H28N2O2S. The Bertz CT molecular complexity index is 465. The summed E-state index contributed by atoms with van der Waals surface area (Å²) in [6, 6.07) is 5.08. The number of hydrogen-bond donors (Lipinski definition) is 1. The molecular weight excluding hydrogens is 308 g/mol. The Morgan fingerprint density at radius 2 is 2.00 bits per heavy atom. The lowest BCUT2D eigenvalue weighted by atomic mass is 9.95. The number of hydrogen-bond acceptors (Lipinski definition) is 3. The summed E-state index contributed by atoms with van der Waals surface area (Å²) in [4.78, 5) is 16.3. The molecule has 2 amide bonds. The first kappa shape index (κ1) is 16.8. The van der Waals surface area contributed by atoms with Gasteiger partial charge >= 0.3 is 6.03 Å². The number of carbonyl (C=O) groups excluding carboxylic acids is 1. The zero-order chi connectivity index (χ0) is 15.9. The quantitative estimate of drug-likeness (QED) is 0.888. The highest BCUT2D eigenvalue weighted by molar-refractivity contribution is 7.09. The summed E-state index contributed by atoms with van der Waals surface area (Å²) in [6.07, 6.45) is 8.96. The first-order valence-corrected chi connectivity index (χ1v) is 9.88. The third-order valence-electron chi connectivity index (χ3n) is 5.00. The minimum Gasteiger partial charge on any atom is -0.381 e. The molecule has 0 unspecified atom stereocenters. The van der Waals surface area contributed by atoms with Crippen molar-refractivity contribution in [3.05, 3.63) is 22.4 Å². The van der Waals surface area contributed by atoms with Crippen LogP contribution in [-0.4, -0.2) is 42.8 Å². The molecule has 1 aliphatic carbocycles. The highest BCUT2D eigenvalue weighted by Gasteiger charge is 2.27. The lowest BCUT2D eigenvalue weighted by molar-refractivity contribution is 0.0455. The zero-order valence-electron chi connectivity index (χ0n) is 13.8. The molecule has 23 heavy (non-hydrogen) atoms. The maximum absolute atomic E-state index is 12.8. The monoisotopic (exact) mass is 336 g/mol. The van der Waals surface area contributed by atoms with Crippen molar-refractivity contribution in [2.24, 2.45) is 0 Å². The summed E-state index contributed by atoms with van der Waals surface area (Å²) in [7, 11) is 0. The highest BCUT2D eigenvalue weighted by Crippen LogP contribution is 2.20. The third-order valence-corrected chi connectivity index (χ3v) is 5.94. The molecule has 2 fully saturated rings. The van der Waals surface area contributed by atoms with Crippen molar-refractivity contribution < 1.29 is 9.53 Å². The highest BCUT2D eigenvalue weighted by atomic mass is 32.1. The molecule has 1 saturated carbocycles. The second kappa shape index (κ2) is 8.69. The molecule has 128 valence electrons. The van der Waals surface area contributed by atoms with Crippen LogP contribution in [0.4, 0.5) is 4.79 Å². The van der Waals surface area contributed by atoms with Crippen LogP contribution in [0.5, 0.6) is 0 Å². The van der Waals surface area contributed by atoms with Gasteiger partial charge in [0.25, 0.3) is 0 Å². The summed E-state index contributed by atoms with van der Waals surface area (Å²) in [5.41, 5.74) is 0. The molecule has 1 aromatic rings. The van der Waals surface area contributed by atoms with Crippen LogP contribution in [0.25, 0.3) is 0 Å². The fourth-order valence-corrected chi connectivity index (χ4v) is 4.33. The first-order chi connectivity index (χ1) is 11.3. The summed E-state index contributed by atoms with van der Waals surface area (Å²) in [5.74, 6) is 0. The van der Waals surface area contributed by atoms with Gasteiger partial charge in [-0.1, -0.05) is 25.3 Å². The second-order valence-electron chi connectivity index (χ2n) is 6.65. The van der Waals surface area contributed by atoms with Crippen LogP contribution < -0.4 is 5.32 Å². The molecule has 2 aliphatic rings. The van der Waals surface area contributed by atoms with Gasteiger partial charge in [-0.3, -0.25) is 0 Å². The number of rotatable bonds is 5. The van der Waals surface area contributed by atoms with E-state index in [9.17, 15) is 4.79 Å². The Morgan fingerprint density at radius 3 is 2.70 bits per heavy atom. The van der Waals surface area contributed by atoms with Gasteiger partial charge < -0.3 is 15.0 Å². The van der Waals surface area contributed by atoms with Crippen LogP contribution in [0.2, 0.25) is 0 Å². The predicted octanol–water partition coefficient (Wildman–Crippen LogP) is 3.81. The smallest absolute Gasteiger partial charge is 0.317 e. The topological polar surface area (TPSA) is 41.6 Å². The summed E-state index contributed by atoms with van der Waals surface area (Å²) >= 11 is 1.78. The van der Waals surface area contributed by atoms with Gasteiger partial charge in [0.05, 0.1) is 0 Å². The van der Waals surface area contributed by atoms with Gasteiger partial charge in [-0.15, -0.1) is 11.3 Å². The maximum Gasteiger partial charge on any atom is 0.317 e. The van der Waals surface area contributed by atoms with E-state index in [1.807, 2.05) is 0 Å².